The fourth-order valence-electron chi connectivity index (χ4n) is 1.97. The van der Waals surface area contributed by atoms with E-state index in [1.807, 2.05) is 0 Å². The van der Waals surface area contributed by atoms with Gasteiger partial charge < -0.3 is 4.74 Å². The van der Waals surface area contributed by atoms with Crippen molar-refractivity contribution in [2.75, 3.05) is 6.61 Å². The predicted molar refractivity (Wildman–Crippen MR) is 44.7 cm³/mol. The summed E-state index contributed by atoms with van der Waals surface area (Å²) in [5.41, 5.74) is 0. The second-order valence-corrected chi connectivity index (χ2v) is 4.29. The van der Waals surface area contributed by atoms with Crippen molar-refractivity contribution in [3.05, 3.63) is 0 Å². The fourth-order valence-corrected chi connectivity index (χ4v) is 1.97. The quantitative estimate of drug-likeness (QED) is 0.702. The molecule has 1 saturated carbocycles. The Morgan fingerprint density at radius 3 is 1.62 bits per heavy atom. The van der Waals surface area contributed by atoms with Crippen LogP contribution in [-0.4, -0.2) is 42.6 Å². The zero-order valence-electron chi connectivity index (χ0n) is 9.93. The molecule has 126 valence electrons. The van der Waals surface area contributed by atoms with Crippen LogP contribution in [0.1, 0.15) is 6.92 Å². The summed E-state index contributed by atoms with van der Waals surface area (Å²) < 4.78 is 145. The Labute approximate surface area is 110 Å². The van der Waals surface area contributed by atoms with Crippen LogP contribution in [0.5, 0.6) is 0 Å². The smallest absolute Gasteiger partial charge is 0.371 e. The number of hydrogen-bond acceptors (Lipinski definition) is 1. The first-order valence-electron chi connectivity index (χ1n) is 5.26. The number of rotatable bonds is 3. The third-order valence-electron chi connectivity index (χ3n) is 3.00. The van der Waals surface area contributed by atoms with Gasteiger partial charge in [-0.15, -0.1) is 0 Å². The Morgan fingerprint density at radius 1 is 0.857 bits per heavy atom. The van der Waals surface area contributed by atoms with Gasteiger partial charge in [0.15, 0.2) is 0 Å². The number of alkyl halides is 11. The molecule has 0 heterocycles. The molecule has 1 fully saturated rings. The Bertz CT molecular complexity index is 399. The van der Waals surface area contributed by atoms with E-state index in [1.54, 1.807) is 0 Å². The lowest BCUT2D eigenvalue weighted by Crippen LogP contribution is -2.55. The van der Waals surface area contributed by atoms with Crippen LogP contribution in [0.2, 0.25) is 0 Å². The molecule has 2 unspecified atom stereocenters. The van der Waals surface area contributed by atoms with Crippen LogP contribution in [-0.2, 0) is 4.74 Å². The molecule has 0 aromatic heterocycles. The van der Waals surface area contributed by atoms with Crippen LogP contribution in [0.3, 0.4) is 0 Å². The van der Waals surface area contributed by atoms with Crippen molar-refractivity contribution in [2.24, 2.45) is 5.92 Å². The molecular weight excluding hydrogens is 333 g/mol. The zero-order chi connectivity index (χ0) is 17.1. The lowest BCUT2D eigenvalue weighted by molar-refractivity contribution is -0.344. The molecule has 21 heavy (non-hydrogen) atoms. The van der Waals surface area contributed by atoms with E-state index in [9.17, 15) is 48.3 Å². The molecule has 0 radical (unpaired) electrons. The second kappa shape index (κ2) is 4.59. The molecule has 0 amide bonds. The van der Waals surface area contributed by atoms with Crippen molar-refractivity contribution in [3.63, 3.8) is 0 Å². The van der Waals surface area contributed by atoms with E-state index in [1.165, 1.54) is 0 Å². The van der Waals surface area contributed by atoms with Gasteiger partial charge in [0.1, 0.15) is 12.0 Å². The van der Waals surface area contributed by atoms with E-state index in [0.717, 1.165) is 6.92 Å². The van der Waals surface area contributed by atoms with Crippen LogP contribution < -0.4 is 0 Å². The molecule has 0 saturated heterocycles. The van der Waals surface area contributed by atoms with Gasteiger partial charge in [0.2, 0.25) is 0 Å². The number of halogens is 11. The summed E-state index contributed by atoms with van der Waals surface area (Å²) in [5.74, 6) is -29.9. The standard InChI is InChI=1S/C9H7F11O/c1-2-21-4-3(6(12,13)9(18,19)20)5(10,11)8(16,17)7(4,14)15/h3-4H,2H2,1H3. The highest BCUT2D eigenvalue weighted by molar-refractivity contribution is 5.18. The number of ether oxygens (including phenoxy) is 1. The van der Waals surface area contributed by atoms with Crippen molar-refractivity contribution >= 4 is 0 Å². The molecule has 0 bridgehead atoms. The molecule has 1 aliphatic carbocycles. The maximum absolute atomic E-state index is 13.2. The van der Waals surface area contributed by atoms with Crippen LogP contribution in [0.15, 0.2) is 0 Å². The minimum Gasteiger partial charge on any atom is -0.371 e. The van der Waals surface area contributed by atoms with Crippen molar-refractivity contribution in [1.29, 1.82) is 0 Å². The molecule has 0 spiro atoms. The molecule has 12 heteroatoms. The number of hydrogen-bond donors (Lipinski definition) is 0. The molecule has 1 rings (SSSR count). The molecule has 1 nitrogen and oxygen atoms in total. The highest BCUT2D eigenvalue weighted by Gasteiger charge is 2.91. The maximum atomic E-state index is 13.2. The molecule has 1 aliphatic rings. The van der Waals surface area contributed by atoms with E-state index < -0.39 is 48.5 Å². The summed E-state index contributed by atoms with van der Waals surface area (Å²) in [7, 11) is 0. The van der Waals surface area contributed by atoms with Crippen LogP contribution >= 0.6 is 0 Å². The molecule has 0 aromatic carbocycles. The van der Waals surface area contributed by atoms with E-state index >= 15 is 0 Å². The minimum atomic E-state index is -6.73. The Morgan fingerprint density at radius 2 is 1.29 bits per heavy atom. The van der Waals surface area contributed by atoms with Gasteiger partial charge in [-0.1, -0.05) is 0 Å². The first-order valence-corrected chi connectivity index (χ1v) is 5.26. The summed E-state index contributed by atoms with van der Waals surface area (Å²) in [6, 6.07) is 0. The first-order chi connectivity index (χ1) is 9.06. The summed E-state index contributed by atoms with van der Waals surface area (Å²) in [6.07, 6.45) is -10.7. The first kappa shape index (κ1) is 18.2. The average Bonchev–Trinajstić information content (AvgIpc) is 2.34. The van der Waals surface area contributed by atoms with E-state index in [2.05, 4.69) is 4.74 Å². The van der Waals surface area contributed by atoms with Gasteiger partial charge in [0.05, 0.1) is 0 Å². The van der Waals surface area contributed by atoms with Gasteiger partial charge in [-0.05, 0) is 6.92 Å². The zero-order valence-corrected chi connectivity index (χ0v) is 9.93. The summed E-state index contributed by atoms with van der Waals surface area (Å²) in [6.45, 7) is -0.260. The van der Waals surface area contributed by atoms with Gasteiger partial charge in [0.25, 0.3) is 0 Å². The molecule has 0 aromatic rings. The van der Waals surface area contributed by atoms with Gasteiger partial charge in [-0.3, -0.25) is 0 Å². The topological polar surface area (TPSA) is 9.23 Å². The van der Waals surface area contributed by atoms with Gasteiger partial charge in [-0.2, -0.15) is 48.3 Å². The SMILES string of the molecule is CCOC1C(C(F)(F)C(F)(F)F)C(F)(F)C(F)(F)C1(F)F. The summed E-state index contributed by atoms with van der Waals surface area (Å²) in [5, 5.41) is 0. The van der Waals surface area contributed by atoms with Crippen molar-refractivity contribution in [3.8, 4) is 0 Å². The van der Waals surface area contributed by atoms with Crippen molar-refractivity contribution in [2.45, 2.75) is 42.9 Å². The van der Waals surface area contributed by atoms with E-state index in [4.69, 9.17) is 0 Å². The van der Waals surface area contributed by atoms with Crippen molar-refractivity contribution in [1.82, 2.24) is 0 Å². The predicted octanol–water partition coefficient (Wildman–Crippen LogP) is 4.12. The van der Waals surface area contributed by atoms with Crippen LogP contribution in [0.4, 0.5) is 48.3 Å². The lowest BCUT2D eigenvalue weighted by Gasteiger charge is -2.32. The van der Waals surface area contributed by atoms with E-state index in [-0.39, 0.29) is 0 Å². The monoisotopic (exact) mass is 340 g/mol. The van der Waals surface area contributed by atoms with Crippen LogP contribution in [0.25, 0.3) is 0 Å². The molecule has 2 atom stereocenters. The maximum Gasteiger partial charge on any atom is 0.453 e. The average molecular weight is 340 g/mol. The van der Waals surface area contributed by atoms with Gasteiger partial charge in [0, 0.05) is 6.61 Å². The van der Waals surface area contributed by atoms with Gasteiger partial charge >= 0.3 is 29.9 Å². The van der Waals surface area contributed by atoms with E-state index in [0.29, 0.717) is 0 Å². The highest BCUT2D eigenvalue weighted by Crippen LogP contribution is 2.65. The van der Waals surface area contributed by atoms with Crippen molar-refractivity contribution < 1.29 is 53.0 Å². The Balaban J connectivity index is 3.53. The minimum absolute atomic E-state index is 0.785. The summed E-state index contributed by atoms with van der Waals surface area (Å²) in [4.78, 5) is 0. The third-order valence-corrected chi connectivity index (χ3v) is 3.00. The molecule has 0 aliphatic heterocycles. The normalized spacial score (nSPS) is 31.4. The molecule has 0 N–H and O–H groups in total. The lowest BCUT2D eigenvalue weighted by atomic mass is 9.93. The summed E-state index contributed by atoms with van der Waals surface area (Å²) >= 11 is 0. The Hall–Kier alpha value is -0.810. The Kier molecular flexibility index (Phi) is 3.99. The fraction of sp³-hybridized carbons (Fsp3) is 1.00. The second-order valence-electron chi connectivity index (χ2n) is 4.29. The third kappa shape index (κ3) is 2.16. The van der Waals surface area contributed by atoms with Gasteiger partial charge in [-0.25, -0.2) is 0 Å². The van der Waals surface area contributed by atoms with Crippen LogP contribution in [0, 0.1) is 5.92 Å². The highest BCUT2D eigenvalue weighted by atomic mass is 19.4. The molecular formula is C9H7F11O. The largest absolute Gasteiger partial charge is 0.453 e.